The molecule has 5 atom stereocenters. The van der Waals surface area contributed by atoms with Crippen LogP contribution >= 0.6 is 0 Å². The number of hydrogen-bond donors (Lipinski definition) is 4. The fourth-order valence-corrected chi connectivity index (χ4v) is 8.13. The monoisotopic (exact) mass is 792 g/mol. The van der Waals surface area contributed by atoms with Crippen LogP contribution in [0, 0.1) is 11.8 Å². The van der Waals surface area contributed by atoms with E-state index in [1.165, 1.54) is 14.2 Å². The summed E-state index contributed by atoms with van der Waals surface area (Å²) in [5.74, 6) is 0.766. The minimum Gasteiger partial charge on any atom is -0.453 e. The first kappa shape index (κ1) is 40.2. The van der Waals surface area contributed by atoms with Crippen LogP contribution in [0.4, 0.5) is 9.59 Å². The molecule has 2 aliphatic rings. The molecule has 0 aliphatic carbocycles. The third-order valence-corrected chi connectivity index (χ3v) is 11.4. The van der Waals surface area contributed by atoms with Gasteiger partial charge in [0, 0.05) is 26.6 Å². The quantitative estimate of drug-likeness (QED) is 0.116. The number of likely N-dealkylation sites (tertiary alicyclic amines) is 2. The first-order valence-electron chi connectivity index (χ1n) is 19.8. The second kappa shape index (κ2) is 16.9. The van der Waals surface area contributed by atoms with Crippen molar-refractivity contribution in [2.45, 2.75) is 77.2 Å². The predicted octanol–water partition coefficient (Wildman–Crippen LogP) is 6.49. The van der Waals surface area contributed by atoms with E-state index in [1.54, 1.807) is 12.0 Å². The zero-order chi connectivity index (χ0) is 41.2. The van der Waals surface area contributed by atoms with E-state index in [0.717, 1.165) is 63.0 Å². The molecule has 0 bridgehead atoms. The third-order valence-electron chi connectivity index (χ3n) is 11.4. The Hall–Kier alpha value is -5.96. The van der Waals surface area contributed by atoms with Crippen LogP contribution in [0.15, 0.2) is 60.7 Å². The van der Waals surface area contributed by atoms with E-state index in [2.05, 4.69) is 57.0 Å². The molecular weight excluding hydrogens is 741 g/mol. The summed E-state index contributed by atoms with van der Waals surface area (Å²) < 4.78 is 15.2. The highest BCUT2D eigenvalue weighted by Crippen LogP contribution is 2.36. The minimum absolute atomic E-state index is 0.113. The lowest BCUT2D eigenvalue weighted by atomic mass is 10.00. The number of aromatic nitrogens is 4. The van der Waals surface area contributed by atoms with Crippen molar-refractivity contribution in [3.63, 3.8) is 0 Å². The van der Waals surface area contributed by atoms with Crippen LogP contribution in [0.5, 0.6) is 0 Å². The molecule has 0 saturated carbocycles. The van der Waals surface area contributed by atoms with Crippen LogP contribution in [0.1, 0.15) is 70.7 Å². The lowest BCUT2D eigenvalue weighted by molar-refractivity contribution is -0.136. The molecule has 4 amide bonds. The summed E-state index contributed by atoms with van der Waals surface area (Å²) in [5.41, 5.74) is 7.43. The van der Waals surface area contributed by atoms with E-state index in [-0.39, 0.29) is 41.8 Å². The number of aromatic amines is 2. The average molecular weight is 793 g/mol. The van der Waals surface area contributed by atoms with Gasteiger partial charge in [-0.05, 0) is 71.2 Å². The summed E-state index contributed by atoms with van der Waals surface area (Å²) in [7, 11) is 4.20. The van der Waals surface area contributed by atoms with Gasteiger partial charge < -0.3 is 44.6 Å². The number of benzene rings is 3. The zero-order valence-electron chi connectivity index (χ0n) is 34.0. The van der Waals surface area contributed by atoms with E-state index < -0.39 is 24.3 Å². The first-order chi connectivity index (χ1) is 27.9. The second-order valence-electron chi connectivity index (χ2n) is 15.8. The van der Waals surface area contributed by atoms with E-state index in [1.807, 2.05) is 56.9 Å². The first-order valence-corrected chi connectivity index (χ1v) is 19.8. The molecule has 4 heterocycles. The average Bonchev–Trinajstić information content (AvgIpc) is 4.05. The highest BCUT2D eigenvalue weighted by molar-refractivity contribution is 5.88. The number of hydrogen-bond acceptors (Lipinski definition) is 9. The molecule has 5 aromatic rings. The minimum atomic E-state index is -0.759. The maximum atomic E-state index is 13.8. The van der Waals surface area contributed by atoms with E-state index in [9.17, 15) is 19.2 Å². The van der Waals surface area contributed by atoms with Gasteiger partial charge in [-0.3, -0.25) is 9.59 Å². The van der Waals surface area contributed by atoms with Gasteiger partial charge in [-0.25, -0.2) is 19.6 Å². The summed E-state index contributed by atoms with van der Waals surface area (Å²) in [6.45, 7) is 8.54. The molecule has 7 rings (SSSR count). The smallest absolute Gasteiger partial charge is 0.407 e. The molecule has 58 heavy (non-hydrogen) atoms. The molecule has 2 saturated heterocycles. The van der Waals surface area contributed by atoms with Crippen molar-refractivity contribution >= 4 is 46.1 Å². The van der Waals surface area contributed by atoms with Crippen LogP contribution in [-0.2, 0) is 23.8 Å². The summed E-state index contributed by atoms with van der Waals surface area (Å²) in [6.07, 6.45) is 0.728. The summed E-state index contributed by atoms with van der Waals surface area (Å²) in [5, 5.41) is 5.40. The number of alkyl carbamates (subject to hydrolysis) is 2. The van der Waals surface area contributed by atoms with Crippen molar-refractivity contribution in [2.75, 3.05) is 34.4 Å². The van der Waals surface area contributed by atoms with Gasteiger partial charge in [0.2, 0.25) is 11.8 Å². The van der Waals surface area contributed by atoms with Gasteiger partial charge in [0.25, 0.3) is 0 Å². The maximum absolute atomic E-state index is 13.8. The highest BCUT2D eigenvalue weighted by atomic mass is 16.5. The number of fused-ring (bicyclic) bond motifs is 2. The van der Waals surface area contributed by atoms with Gasteiger partial charge in [-0.2, -0.15) is 0 Å². The van der Waals surface area contributed by atoms with Gasteiger partial charge >= 0.3 is 12.2 Å². The predicted molar refractivity (Wildman–Crippen MR) is 219 cm³/mol. The van der Waals surface area contributed by atoms with Crippen LogP contribution in [-0.4, -0.2) is 106 Å². The number of nitrogens with one attached hydrogen (secondary N) is 4. The maximum Gasteiger partial charge on any atom is 0.407 e. The number of carbonyl (C=O) groups excluding carboxylic acids is 4. The number of rotatable bonds is 11. The van der Waals surface area contributed by atoms with Crippen molar-refractivity contribution in [3.8, 4) is 22.3 Å². The Bertz CT molecular complexity index is 2300. The fourth-order valence-electron chi connectivity index (χ4n) is 8.13. The molecule has 1 unspecified atom stereocenters. The Morgan fingerprint density at radius 1 is 0.672 bits per heavy atom. The SMILES string of the molecule is COC(=O)NC(C(=O)N1CCC[C@H]1c1nc2ccc(-c3ccc(-c4ccc5nc([C@@H]6C[C@H](OC)CN6C(=O)[C@@H](NC(=O)OC)C(C)C)[nH]c5c4)cc3)cc2[nH]1)C(C)C. The van der Waals surface area contributed by atoms with Crippen LogP contribution < -0.4 is 10.6 Å². The standard InChI is InChI=1S/C43H52N8O7/c1-23(2)36(48-42(54)57-6)40(52)50-18-8-9-34(50)38-44-30-16-14-27(19-32(30)46-38)25-10-12-26(13-11-25)28-15-17-31-33(20-28)47-39(45-31)35-21-29(56-5)22-51(35)41(53)37(24(3)4)49-43(55)58-7/h10-17,19-20,23-24,29,34-37H,8-9,18,21-22H2,1-7H3,(H,44,46)(H,45,47)(H,48,54)(H,49,55)/t29-,34-,35-,36?,37-/m0/s1. The lowest BCUT2D eigenvalue weighted by Crippen LogP contribution is -2.51. The number of ether oxygens (including phenoxy) is 3. The lowest BCUT2D eigenvalue weighted by Gasteiger charge is -2.29. The van der Waals surface area contributed by atoms with Crippen LogP contribution in [0.2, 0.25) is 0 Å². The highest BCUT2D eigenvalue weighted by Gasteiger charge is 2.42. The van der Waals surface area contributed by atoms with Crippen LogP contribution in [0.25, 0.3) is 44.3 Å². The number of carbonyl (C=O) groups is 4. The summed E-state index contributed by atoms with van der Waals surface area (Å²) in [4.78, 5) is 71.8. The molecule has 306 valence electrons. The molecule has 2 fully saturated rings. The van der Waals surface area contributed by atoms with E-state index in [4.69, 9.17) is 24.2 Å². The zero-order valence-corrected chi connectivity index (χ0v) is 34.0. The molecule has 2 aromatic heterocycles. The molecule has 15 heteroatoms. The van der Waals surface area contributed by atoms with E-state index >= 15 is 0 Å². The fraction of sp³-hybridized carbons (Fsp3) is 0.442. The van der Waals surface area contributed by atoms with Gasteiger partial charge in [0.05, 0.1) is 54.5 Å². The molecule has 4 N–H and O–H groups in total. The topological polar surface area (TPSA) is 184 Å². The molecule has 0 radical (unpaired) electrons. The van der Waals surface area contributed by atoms with Crippen molar-refractivity contribution in [1.82, 2.24) is 40.4 Å². The number of methoxy groups -OCH3 is 3. The van der Waals surface area contributed by atoms with Crippen molar-refractivity contribution < 1.29 is 33.4 Å². The Balaban J connectivity index is 1.08. The molecular formula is C43H52N8O7. The second-order valence-corrected chi connectivity index (χ2v) is 15.8. The third kappa shape index (κ3) is 8.08. The Morgan fingerprint density at radius 2 is 1.14 bits per heavy atom. The van der Waals surface area contributed by atoms with Gasteiger partial charge in [0.1, 0.15) is 23.7 Å². The van der Waals surface area contributed by atoms with Crippen molar-refractivity contribution in [2.24, 2.45) is 11.8 Å². The molecule has 3 aromatic carbocycles. The Kier molecular flexibility index (Phi) is 11.7. The summed E-state index contributed by atoms with van der Waals surface area (Å²) in [6, 6.07) is 18.5. The number of nitrogens with zero attached hydrogens (tertiary/aromatic N) is 4. The molecule has 0 spiro atoms. The van der Waals surface area contributed by atoms with Crippen molar-refractivity contribution in [3.05, 3.63) is 72.3 Å². The number of amides is 4. The number of imidazole rings is 2. The number of H-pyrrole nitrogens is 2. The largest absolute Gasteiger partial charge is 0.453 e. The summed E-state index contributed by atoms with van der Waals surface area (Å²) >= 11 is 0. The Morgan fingerprint density at radius 3 is 1.60 bits per heavy atom. The molecule has 15 nitrogen and oxygen atoms in total. The van der Waals surface area contributed by atoms with Gasteiger partial charge in [-0.15, -0.1) is 0 Å². The molecule has 2 aliphatic heterocycles. The van der Waals surface area contributed by atoms with Crippen LogP contribution in [0.3, 0.4) is 0 Å². The van der Waals surface area contributed by atoms with Gasteiger partial charge in [0.15, 0.2) is 0 Å². The Labute approximate surface area is 337 Å². The van der Waals surface area contributed by atoms with Crippen molar-refractivity contribution in [1.29, 1.82) is 0 Å². The van der Waals surface area contributed by atoms with E-state index in [0.29, 0.717) is 25.3 Å². The normalized spacial score (nSPS) is 19.2. The van der Waals surface area contributed by atoms with Gasteiger partial charge in [-0.1, -0.05) is 64.1 Å².